The summed E-state index contributed by atoms with van der Waals surface area (Å²) >= 11 is 5.10. The van der Waals surface area contributed by atoms with E-state index in [1.807, 2.05) is 6.92 Å². The Morgan fingerprint density at radius 3 is 2.70 bits per heavy atom. The van der Waals surface area contributed by atoms with E-state index in [0.29, 0.717) is 11.2 Å². The summed E-state index contributed by atoms with van der Waals surface area (Å²) in [6.45, 7) is 1.85. The Balaban J connectivity index is 2.38. The van der Waals surface area contributed by atoms with Crippen molar-refractivity contribution < 1.29 is 13.2 Å². The minimum Gasteiger partial charge on any atom is -0.329 e. The molecule has 0 aliphatic heterocycles. The second-order valence-electron chi connectivity index (χ2n) is 4.34. The molecule has 102 valence electrons. The Bertz CT molecular complexity index is 882. The molecule has 2 heterocycles. The van der Waals surface area contributed by atoms with Gasteiger partial charge in [-0.15, -0.1) is 0 Å². The van der Waals surface area contributed by atoms with Crippen LogP contribution in [-0.2, 0) is 0 Å². The number of pyridine rings is 1. The molecule has 0 aliphatic carbocycles. The van der Waals surface area contributed by atoms with Crippen LogP contribution in [0.25, 0.3) is 16.9 Å². The minimum absolute atomic E-state index is 0.156. The molecule has 3 nitrogen and oxygen atoms in total. The molecule has 0 unspecified atom stereocenters. The Morgan fingerprint density at radius 2 is 1.95 bits per heavy atom. The summed E-state index contributed by atoms with van der Waals surface area (Å²) in [7, 11) is 0. The van der Waals surface area contributed by atoms with E-state index in [2.05, 4.69) is 9.97 Å². The van der Waals surface area contributed by atoms with Gasteiger partial charge in [0.2, 0.25) is 0 Å². The predicted molar refractivity (Wildman–Crippen MR) is 70.9 cm³/mol. The highest BCUT2D eigenvalue weighted by atomic mass is 32.1. The largest absolute Gasteiger partial charge is 0.329 e. The van der Waals surface area contributed by atoms with E-state index < -0.39 is 17.5 Å². The molecule has 7 heteroatoms. The molecular weight excluding hydrogens is 287 g/mol. The smallest absolute Gasteiger partial charge is 0.196 e. The number of nitrogens with one attached hydrogen (secondary N) is 1. The highest BCUT2D eigenvalue weighted by Gasteiger charge is 2.17. The van der Waals surface area contributed by atoms with Crippen LogP contribution in [-0.4, -0.2) is 14.5 Å². The fourth-order valence-electron chi connectivity index (χ4n) is 2.01. The van der Waals surface area contributed by atoms with Crippen LogP contribution >= 0.6 is 12.2 Å². The van der Waals surface area contributed by atoms with Gasteiger partial charge in [0.25, 0.3) is 0 Å². The van der Waals surface area contributed by atoms with E-state index in [-0.39, 0.29) is 10.5 Å². The zero-order chi connectivity index (χ0) is 14.4. The maximum absolute atomic E-state index is 13.9. The molecule has 0 spiro atoms. The van der Waals surface area contributed by atoms with Crippen LogP contribution in [0.2, 0.25) is 0 Å². The third-order valence-electron chi connectivity index (χ3n) is 2.92. The van der Waals surface area contributed by atoms with Crippen molar-refractivity contribution in [1.82, 2.24) is 14.5 Å². The lowest BCUT2D eigenvalue weighted by Gasteiger charge is -2.06. The van der Waals surface area contributed by atoms with Crippen molar-refractivity contribution in [3.05, 3.63) is 52.2 Å². The van der Waals surface area contributed by atoms with Crippen LogP contribution in [0.3, 0.4) is 0 Å². The van der Waals surface area contributed by atoms with Crippen LogP contribution in [0.15, 0.2) is 24.4 Å². The number of imidazole rings is 1. The lowest BCUT2D eigenvalue weighted by molar-refractivity contribution is 0.445. The fourth-order valence-corrected chi connectivity index (χ4v) is 2.31. The van der Waals surface area contributed by atoms with E-state index in [0.717, 1.165) is 17.7 Å². The predicted octanol–water partition coefficient (Wildman–Crippen LogP) is 3.81. The number of aromatic amines is 1. The topological polar surface area (TPSA) is 33.6 Å². The van der Waals surface area contributed by atoms with E-state index in [9.17, 15) is 13.2 Å². The first-order valence-electron chi connectivity index (χ1n) is 5.70. The zero-order valence-electron chi connectivity index (χ0n) is 10.2. The summed E-state index contributed by atoms with van der Waals surface area (Å²) < 4.78 is 41.6. The van der Waals surface area contributed by atoms with Gasteiger partial charge in [-0.05, 0) is 42.9 Å². The number of aromatic nitrogens is 3. The van der Waals surface area contributed by atoms with Gasteiger partial charge in [0.05, 0.1) is 11.2 Å². The maximum Gasteiger partial charge on any atom is 0.196 e. The van der Waals surface area contributed by atoms with Gasteiger partial charge >= 0.3 is 0 Å². The van der Waals surface area contributed by atoms with Crippen molar-refractivity contribution in [1.29, 1.82) is 0 Å². The second-order valence-corrected chi connectivity index (χ2v) is 4.73. The molecule has 3 rings (SSSR count). The normalized spacial score (nSPS) is 11.2. The standard InChI is InChI=1S/C13H8F3N3S/c1-6-4-8-12(17-5-6)19(13(20)18-8)9-3-2-7(14)10(15)11(9)16/h2-5H,1H3,(H,18,20). The number of rotatable bonds is 1. The van der Waals surface area contributed by atoms with Crippen molar-refractivity contribution in [2.75, 3.05) is 0 Å². The Kier molecular flexibility index (Phi) is 2.86. The fraction of sp³-hybridized carbons (Fsp3) is 0.0769. The summed E-state index contributed by atoms with van der Waals surface area (Å²) in [5, 5.41) is 0. The molecule has 0 bridgehead atoms. The second kappa shape index (κ2) is 4.45. The molecule has 0 saturated carbocycles. The minimum atomic E-state index is -1.54. The van der Waals surface area contributed by atoms with Crippen molar-refractivity contribution in [3.63, 3.8) is 0 Å². The summed E-state index contributed by atoms with van der Waals surface area (Å²) in [4.78, 5) is 7.01. The number of nitrogens with zero attached hydrogens (tertiary/aromatic N) is 2. The first kappa shape index (κ1) is 12.9. The third kappa shape index (κ3) is 1.82. The highest BCUT2D eigenvalue weighted by Crippen LogP contribution is 2.23. The Labute approximate surface area is 116 Å². The van der Waals surface area contributed by atoms with E-state index in [1.165, 1.54) is 4.57 Å². The molecule has 2 aromatic heterocycles. The number of benzene rings is 1. The first-order chi connectivity index (χ1) is 9.49. The van der Waals surface area contributed by atoms with Gasteiger partial charge < -0.3 is 4.98 Å². The monoisotopic (exact) mass is 295 g/mol. The number of halogens is 3. The quantitative estimate of drug-likeness (QED) is 0.547. The Hall–Kier alpha value is -2.15. The highest BCUT2D eigenvalue weighted by molar-refractivity contribution is 7.71. The van der Waals surface area contributed by atoms with Gasteiger partial charge in [0.15, 0.2) is 27.9 Å². The molecule has 0 amide bonds. The summed E-state index contributed by atoms with van der Waals surface area (Å²) in [5.74, 6) is -4.09. The summed E-state index contributed by atoms with van der Waals surface area (Å²) in [6.07, 6.45) is 1.58. The molecule has 0 radical (unpaired) electrons. The number of H-pyrrole nitrogens is 1. The van der Waals surface area contributed by atoms with E-state index in [1.54, 1.807) is 12.3 Å². The van der Waals surface area contributed by atoms with Crippen LogP contribution in [0.1, 0.15) is 5.56 Å². The van der Waals surface area contributed by atoms with Crippen molar-refractivity contribution in [2.45, 2.75) is 6.92 Å². The van der Waals surface area contributed by atoms with Crippen LogP contribution in [0.4, 0.5) is 13.2 Å². The SMILES string of the molecule is Cc1cnc2c(c1)[nH]c(=S)n2-c1ccc(F)c(F)c1F. The van der Waals surface area contributed by atoms with Gasteiger partial charge in [-0.1, -0.05) is 0 Å². The van der Waals surface area contributed by atoms with Crippen molar-refractivity contribution in [3.8, 4) is 5.69 Å². The molecule has 1 N–H and O–H groups in total. The van der Waals surface area contributed by atoms with Gasteiger partial charge in [0.1, 0.15) is 0 Å². The zero-order valence-corrected chi connectivity index (χ0v) is 11.1. The van der Waals surface area contributed by atoms with Gasteiger partial charge in [-0.2, -0.15) is 0 Å². The van der Waals surface area contributed by atoms with Gasteiger partial charge in [-0.25, -0.2) is 18.2 Å². The molecule has 1 aromatic carbocycles. The maximum atomic E-state index is 13.9. The average molecular weight is 295 g/mol. The molecule has 20 heavy (non-hydrogen) atoms. The lowest BCUT2D eigenvalue weighted by Crippen LogP contribution is -2.03. The number of aryl methyl sites for hydroxylation is 1. The molecule has 0 fully saturated rings. The van der Waals surface area contributed by atoms with Crippen LogP contribution in [0, 0.1) is 29.1 Å². The number of fused-ring (bicyclic) bond motifs is 1. The third-order valence-corrected chi connectivity index (χ3v) is 3.20. The van der Waals surface area contributed by atoms with Gasteiger partial charge in [-0.3, -0.25) is 4.57 Å². The lowest BCUT2D eigenvalue weighted by atomic mass is 10.2. The molecule has 0 saturated heterocycles. The molecule has 0 atom stereocenters. The van der Waals surface area contributed by atoms with Crippen molar-refractivity contribution in [2.24, 2.45) is 0 Å². The van der Waals surface area contributed by atoms with Crippen molar-refractivity contribution >= 4 is 23.4 Å². The Morgan fingerprint density at radius 1 is 1.20 bits per heavy atom. The summed E-state index contributed by atoms with van der Waals surface area (Å²) in [6, 6.07) is 3.76. The number of hydrogen-bond donors (Lipinski definition) is 1. The summed E-state index contributed by atoms with van der Waals surface area (Å²) in [5.41, 5.74) is 1.66. The van der Waals surface area contributed by atoms with E-state index >= 15 is 0 Å². The molecule has 0 aliphatic rings. The average Bonchev–Trinajstić information content (AvgIpc) is 2.72. The van der Waals surface area contributed by atoms with Crippen LogP contribution in [0.5, 0.6) is 0 Å². The van der Waals surface area contributed by atoms with Crippen LogP contribution < -0.4 is 0 Å². The van der Waals surface area contributed by atoms with Gasteiger partial charge in [0, 0.05) is 6.20 Å². The first-order valence-corrected chi connectivity index (χ1v) is 6.11. The molecule has 3 aromatic rings. The molecular formula is C13H8F3N3S. The number of hydrogen-bond acceptors (Lipinski definition) is 2. The van der Waals surface area contributed by atoms with E-state index in [4.69, 9.17) is 12.2 Å².